The maximum Gasteiger partial charge on any atom is 0.163 e. The third-order valence-corrected chi connectivity index (χ3v) is 8.45. The number of ketones is 1. The second-order valence-electron chi connectivity index (χ2n) is 11.1. The average molecular weight is 493 g/mol. The Bertz CT molecular complexity index is 1130. The molecule has 0 spiro atoms. The van der Waals surface area contributed by atoms with Crippen molar-refractivity contribution in [2.45, 2.75) is 53.1 Å². The van der Waals surface area contributed by atoms with Crippen LogP contribution in [0.3, 0.4) is 0 Å². The number of ether oxygens (including phenoxy) is 1. The van der Waals surface area contributed by atoms with Crippen LogP contribution in [0.2, 0.25) is 5.02 Å². The highest BCUT2D eigenvalue weighted by molar-refractivity contribution is 6.31. The van der Waals surface area contributed by atoms with Crippen molar-refractivity contribution in [2.24, 2.45) is 22.7 Å². The predicted molar refractivity (Wildman–Crippen MR) is 138 cm³/mol. The summed E-state index contributed by atoms with van der Waals surface area (Å²) in [6.07, 6.45) is 3.20. The Morgan fingerprint density at radius 2 is 1.74 bits per heavy atom. The summed E-state index contributed by atoms with van der Waals surface area (Å²) in [5, 5.41) is 9.48. The lowest BCUT2D eigenvalue weighted by Gasteiger charge is -2.63. The van der Waals surface area contributed by atoms with E-state index in [4.69, 9.17) is 21.6 Å². The van der Waals surface area contributed by atoms with Gasteiger partial charge in [0.15, 0.2) is 5.78 Å². The van der Waals surface area contributed by atoms with Crippen LogP contribution in [0.4, 0.5) is 5.69 Å². The molecule has 4 rings (SSSR count). The van der Waals surface area contributed by atoms with E-state index in [0.717, 1.165) is 43.5 Å². The van der Waals surface area contributed by atoms with Crippen LogP contribution < -0.4 is 9.64 Å². The van der Waals surface area contributed by atoms with E-state index in [1.165, 1.54) is 0 Å². The quantitative estimate of drug-likeness (QED) is 0.333. The minimum Gasteiger partial charge on any atom is -0.489 e. The zero-order valence-corrected chi connectivity index (χ0v) is 21.6. The van der Waals surface area contributed by atoms with Crippen molar-refractivity contribution in [3.63, 3.8) is 0 Å². The lowest BCUT2D eigenvalue weighted by Crippen LogP contribution is -2.66. The van der Waals surface area contributed by atoms with Crippen molar-refractivity contribution in [1.82, 2.24) is 0 Å². The van der Waals surface area contributed by atoms with E-state index in [2.05, 4.69) is 38.7 Å². The third kappa shape index (κ3) is 4.82. The van der Waals surface area contributed by atoms with Crippen LogP contribution in [0.15, 0.2) is 42.5 Å². The summed E-state index contributed by atoms with van der Waals surface area (Å²) >= 11 is 6.19. The maximum atomic E-state index is 13.2. The molecular weight excluding hydrogens is 460 g/mol. The molecule has 1 saturated heterocycles. The van der Waals surface area contributed by atoms with Gasteiger partial charge in [-0.15, -0.1) is 0 Å². The number of anilines is 1. The first kappa shape index (κ1) is 25.3. The van der Waals surface area contributed by atoms with E-state index in [1.54, 1.807) is 18.2 Å². The number of nitriles is 1. The zero-order chi connectivity index (χ0) is 25.4. The molecule has 2 aromatic carbocycles. The largest absolute Gasteiger partial charge is 0.489 e. The predicted octanol–water partition coefficient (Wildman–Crippen LogP) is 6.33. The molecule has 1 heterocycles. The molecule has 2 aromatic rings. The molecule has 0 radical (unpaired) electrons. The van der Waals surface area contributed by atoms with Crippen LogP contribution in [0, 0.1) is 34.0 Å². The fourth-order valence-corrected chi connectivity index (χ4v) is 6.48. The maximum absolute atomic E-state index is 13.2. The number of carbonyl (C=O) groups excluding carboxylic acids is 2. The van der Waals surface area contributed by atoms with Gasteiger partial charge in [-0.3, -0.25) is 4.79 Å². The number of carbonyl (C=O) groups is 2. The van der Waals surface area contributed by atoms with E-state index >= 15 is 0 Å². The van der Waals surface area contributed by atoms with Gasteiger partial charge in [0, 0.05) is 53.6 Å². The Balaban J connectivity index is 1.41. The van der Waals surface area contributed by atoms with Gasteiger partial charge < -0.3 is 14.4 Å². The summed E-state index contributed by atoms with van der Waals surface area (Å²) in [4.78, 5) is 26.5. The average Bonchev–Trinajstić information content (AvgIpc) is 2.85. The summed E-state index contributed by atoms with van der Waals surface area (Å²) in [5.74, 6) is 1.10. The van der Waals surface area contributed by atoms with E-state index in [0.29, 0.717) is 22.8 Å². The van der Waals surface area contributed by atoms with Gasteiger partial charge in [0.2, 0.25) is 0 Å². The standard InChI is InChI=1S/C29H33ClN2O3/c1-28(2)26(29(3,4)27(28)35-23-10-7-21(17-31)24(30)15-23)16-25(34)20-5-8-22(9-6-20)32-13-11-19(18-33)12-14-32/h5-10,15,18-19,26-27H,11-14,16H2,1-4H3. The van der Waals surface area contributed by atoms with Crippen LogP contribution >= 0.6 is 11.6 Å². The molecule has 2 fully saturated rings. The van der Waals surface area contributed by atoms with Crippen LogP contribution in [0.5, 0.6) is 5.75 Å². The fraction of sp³-hybridized carbons (Fsp3) is 0.483. The minimum atomic E-state index is -0.206. The molecule has 1 aliphatic carbocycles. The van der Waals surface area contributed by atoms with Gasteiger partial charge in [0.25, 0.3) is 0 Å². The van der Waals surface area contributed by atoms with Crippen LogP contribution in [-0.2, 0) is 4.79 Å². The monoisotopic (exact) mass is 492 g/mol. The number of hydrogen-bond donors (Lipinski definition) is 0. The number of piperidine rings is 1. The normalized spacial score (nSPS) is 23.1. The van der Waals surface area contributed by atoms with Gasteiger partial charge >= 0.3 is 0 Å². The number of halogens is 1. The Hall–Kier alpha value is -2.84. The Kier molecular flexibility index (Phi) is 6.97. The van der Waals surface area contributed by atoms with E-state index in [1.807, 2.05) is 24.3 Å². The van der Waals surface area contributed by atoms with Gasteiger partial charge in [-0.05, 0) is 55.2 Å². The van der Waals surface area contributed by atoms with Gasteiger partial charge in [-0.2, -0.15) is 5.26 Å². The highest BCUT2D eigenvalue weighted by Crippen LogP contribution is 2.61. The molecule has 0 amide bonds. The number of nitrogens with zero attached hydrogens (tertiary/aromatic N) is 2. The molecule has 35 heavy (non-hydrogen) atoms. The topological polar surface area (TPSA) is 70.4 Å². The smallest absolute Gasteiger partial charge is 0.163 e. The molecule has 0 aromatic heterocycles. The summed E-state index contributed by atoms with van der Waals surface area (Å²) in [6, 6.07) is 15.1. The molecule has 1 aliphatic heterocycles. The van der Waals surface area contributed by atoms with Crippen molar-refractivity contribution in [3.8, 4) is 11.8 Å². The molecule has 184 valence electrons. The first-order valence-corrected chi connectivity index (χ1v) is 12.7. The minimum absolute atomic E-state index is 0.0894. The van der Waals surface area contributed by atoms with Crippen LogP contribution in [-0.4, -0.2) is 31.3 Å². The van der Waals surface area contributed by atoms with Crippen molar-refractivity contribution in [3.05, 3.63) is 58.6 Å². The first-order chi connectivity index (χ1) is 16.6. The first-order valence-electron chi connectivity index (χ1n) is 12.3. The molecule has 6 heteroatoms. The summed E-state index contributed by atoms with van der Waals surface area (Å²) in [6.45, 7) is 10.3. The Morgan fingerprint density at radius 1 is 1.11 bits per heavy atom. The Labute approximate surface area is 213 Å². The molecule has 1 saturated carbocycles. The van der Waals surface area contributed by atoms with E-state index in [9.17, 15) is 9.59 Å². The number of rotatable bonds is 7. The molecule has 0 unspecified atom stereocenters. The van der Waals surface area contributed by atoms with Gasteiger partial charge in [-0.1, -0.05) is 39.3 Å². The highest BCUT2D eigenvalue weighted by Gasteiger charge is 2.63. The van der Waals surface area contributed by atoms with Crippen molar-refractivity contribution in [2.75, 3.05) is 18.0 Å². The fourth-order valence-electron chi connectivity index (χ4n) is 6.27. The van der Waals surface area contributed by atoms with Crippen molar-refractivity contribution >= 4 is 29.4 Å². The lowest BCUT2D eigenvalue weighted by atomic mass is 9.44. The summed E-state index contributed by atoms with van der Waals surface area (Å²) in [5.41, 5.74) is 1.84. The second-order valence-corrected chi connectivity index (χ2v) is 11.5. The Morgan fingerprint density at radius 3 is 2.29 bits per heavy atom. The molecule has 2 aliphatic rings. The van der Waals surface area contributed by atoms with Crippen molar-refractivity contribution in [1.29, 1.82) is 5.26 Å². The zero-order valence-electron chi connectivity index (χ0n) is 20.9. The lowest BCUT2D eigenvalue weighted by molar-refractivity contribution is -0.196. The molecule has 0 N–H and O–H groups in total. The van der Waals surface area contributed by atoms with Crippen LogP contribution in [0.1, 0.15) is 62.9 Å². The van der Waals surface area contributed by atoms with Gasteiger partial charge in [-0.25, -0.2) is 0 Å². The van der Waals surface area contributed by atoms with E-state index < -0.39 is 0 Å². The van der Waals surface area contributed by atoms with Crippen LogP contribution in [0.25, 0.3) is 0 Å². The number of hydrogen-bond acceptors (Lipinski definition) is 5. The number of aldehydes is 1. The number of Topliss-reactive ketones (excluding diaryl/α,β-unsaturated/α-hetero) is 1. The van der Waals surface area contributed by atoms with Gasteiger partial charge in [0.1, 0.15) is 24.2 Å². The highest BCUT2D eigenvalue weighted by atomic mass is 35.5. The summed E-state index contributed by atoms with van der Waals surface area (Å²) < 4.78 is 6.34. The SMILES string of the molecule is CC1(C)C(CC(=O)c2ccc(N3CCC(C=O)CC3)cc2)C(C)(C)C1Oc1ccc(C#N)c(Cl)c1. The third-order valence-electron chi connectivity index (χ3n) is 8.14. The number of benzene rings is 2. The van der Waals surface area contributed by atoms with Gasteiger partial charge in [0.05, 0.1) is 10.6 Å². The molecule has 0 bridgehead atoms. The van der Waals surface area contributed by atoms with E-state index in [-0.39, 0.29) is 34.6 Å². The second kappa shape index (κ2) is 9.66. The van der Waals surface area contributed by atoms with Crippen molar-refractivity contribution < 1.29 is 14.3 Å². The summed E-state index contributed by atoms with van der Waals surface area (Å²) in [7, 11) is 0. The molecular formula is C29H33ClN2O3. The molecule has 5 nitrogen and oxygen atoms in total. The molecule has 0 atom stereocenters.